The minimum atomic E-state index is -0.0448. The van der Waals surface area contributed by atoms with Crippen LogP contribution in [0.25, 0.3) is 0 Å². The van der Waals surface area contributed by atoms with Crippen LogP contribution < -0.4 is 5.32 Å². The lowest BCUT2D eigenvalue weighted by molar-refractivity contribution is -0.113. The molecule has 6 nitrogen and oxygen atoms in total. The van der Waals surface area contributed by atoms with Crippen LogP contribution in [0.4, 0.5) is 5.69 Å². The first-order chi connectivity index (χ1) is 11.2. The molecule has 1 unspecified atom stereocenters. The van der Waals surface area contributed by atoms with E-state index in [9.17, 15) is 4.79 Å². The van der Waals surface area contributed by atoms with E-state index < -0.39 is 0 Å². The number of rotatable bonds is 7. The van der Waals surface area contributed by atoms with Crippen LogP contribution in [-0.2, 0) is 4.79 Å². The van der Waals surface area contributed by atoms with Gasteiger partial charge in [0.1, 0.15) is 0 Å². The number of benzene rings is 1. The fourth-order valence-electron chi connectivity index (χ4n) is 2.29. The van der Waals surface area contributed by atoms with Gasteiger partial charge in [0.2, 0.25) is 11.1 Å². The van der Waals surface area contributed by atoms with Crippen molar-refractivity contribution in [1.82, 2.24) is 20.2 Å². The Kier molecular flexibility index (Phi) is 4.95. The zero-order valence-corrected chi connectivity index (χ0v) is 14.2. The summed E-state index contributed by atoms with van der Waals surface area (Å²) in [5, 5.41) is 15.3. The van der Waals surface area contributed by atoms with Gasteiger partial charge in [-0.05, 0) is 53.3 Å². The third-order valence-electron chi connectivity index (χ3n) is 4.06. The summed E-state index contributed by atoms with van der Waals surface area (Å²) in [6.07, 6.45) is 3.35. The number of aromatic nitrogens is 4. The standard InChI is InChI=1S/C16H21N5OS/c1-3-11(2)12-4-6-13(7-5-12)17-15(22)10-23-16-18-19-20-21(16)14-8-9-14/h4-7,11,14H,3,8-10H2,1-2H3,(H,17,22). The normalized spacial score (nSPS) is 15.4. The zero-order valence-electron chi connectivity index (χ0n) is 13.4. The van der Waals surface area contributed by atoms with Crippen LogP contribution in [0.15, 0.2) is 29.4 Å². The van der Waals surface area contributed by atoms with Crippen molar-refractivity contribution in [3.8, 4) is 0 Å². The lowest BCUT2D eigenvalue weighted by atomic mass is 9.99. The molecule has 122 valence electrons. The molecule has 1 amide bonds. The van der Waals surface area contributed by atoms with E-state index in [1.54, 1.807) is 0 Å². The number of tetrazole rings is 1. The maximum Gasteiger partial charge on any atom is 0.234 e. The summed E-state index contributed by atoms with van der Waals surface area (Å²) >= 11 is 1.38. The number of carbonyl (C=O) groups excluding carboxylic acids is 1. The summed E-state index contributed by atoms with van der Waals surface area (Å²) in [4.78, 5) is 12.1. The molecule has 1 atom stereocenters. The zero-order chi connectivity index (χ0) is 16.2. The van der Waals surface area contributed by atoms with E-state index in [0.29, 0.717) is 17.7 Å². The highest BCUT2D eigenvalue weighted by atomic mass is 32.2. The number of anilines is 1. The van der Waals surface area contributed by atoms with Gasteiger partial charge in [-0.1, -0.05) is 37.7 Å². The molecule has 1 saturated carbocycles. The van der Waals surface area contributed by atoms with Crippen LogP contribution in [0.5, 0.6) is 0 Å². The Morgan fingerprint density at radius 2 is 2.13 bits per heavy atom. The molecule has 1 aliphatic rings. The fourth-order valence-corrected chi connectivity index (χ4v) is 3.03. The molecular formula is C16H21N5OS. The van der Waals surface area contributed by atoms with Crippen LogP contribution in [0.2, 0.25) is 0 Å². The largest absolute Gasteiger partial charge is 0.325 e. The third-order valence-corrected chi connectivity index (χ3v) is 5.00. The lowest BCUT2D eigenvalue weighted by Gasteiger charge is -2.10. The van der Waals surface area contributed by atoms with Crippen molar-refractivity contribution in [2.45, 2.75) is 50.2 Å². The second kappa shape index (κ2) is 7.12. The van der Waals surface area contributed by atoms with E-state index in [4.69, 9.17) is 0 Å². The van der Waals surface area contributed by atoms with Crippen LogP contribution in [0, 0.1) is 0 Å². The smallest absolute Gasteiger partial charge is 0.234 e. The molecule has 23 heavy (non-hydrogen) atoms. The van der Waals surface area contributed by atoms with Gasteiger partial charge in [0.05, 0.1) is 11.8 Å². The van der Waals surface area contributed by atoms with E-state index >= 15 is 0 Å². The first kappa shape index (κ1) is 16.0. The molecule has 1 heterocycles. The number of carbonyl (C=O) groups is 1. The SMILES string of the molecule is CCC(C)c1ccc(NC(=O)CSc2nnnn2C2CC2)cc1. The fraction of sp³-hybridized carbons (Fsp3) is 0.500. The molecule has 0 bridgehead atoms. The summed E-state index contributed by atoms with van der Waals surface area (Å²) in [5.74, 6) is 0.799. The molecule has 7 heteroatoms. The molecule has 0 radical (unpaired) electrons. The molecule has 1 aromatic heterocycles. The van der Waals surface area contributed by atoms with Gasteiger partial charge >= 0.3 is 0 Å². The maximum absolute atomic E-state index is 12.1. The number of hydrogen-bond donors (Lipinski definition) is 1. The van der Waals surface area contributed by atoms with Crippen LogP contribution in [-0.4, -0.2) is 31.9 Å². The van der Waals surface area contributed by atoms with Gasteiger partial charge in [0, 0.05) is 5.69 Å². The molecule has 0 saturated heterocycles. The topological polar surface area (TPSA) is 72.7 Å². The highest BCUT2D eigenvalue weighted by Crippen LogP contribution is 2.36. The molecule has 1 fully saturated rings. The Balaban J connectivity index is 1.51. The maximum atomic E-state index is 12.1. The van der Waals surface area contributed by atoms with Crippen molar-refractivity contribution in [2.75, 3.05) is 11.1 Å². The lowest BCUT2D eigenvalue weighted by Crippen LogP contribution is -2.14. The summed E-state index contributed by atoms with van der Waals surface area (Å²) in [7, 11) is 0. The van der Waals surface area contributed by atoms with Gasteiger partial charge in [-0.15, -0.1) is 5.10 Å². The molecular weight excluding hydrogens is 310 g/mol. The van der Waals surface area contributed by atoms with Crippen molar-refractivity contribution in [2.24, 2.45) is 0 Å². The van der Waals surface area contributed by atoms with Gasteiger partial charge in [-0.2, -0.15) is 0 Å². The predicted octanol–water partition coefficient (Wildman–Crippen LogP) is 3.25. The van der Waals surface area contributed by atoms with Gasteiger partial charge in [-0.3, -0.25) is 4.79 Å². The van der Waals surface area contributed by atoms with E-state index in [0.717, 1.165) is 30.1 Å². The van der Waals surface area contributed by atoms with Crippen molar-refractivity contribution in [1.29, 1.82) is 0 Å². The summed E-state index contributed by atoms with van der Waals surface area (Å²) in [6, 6.07) is 8.48. The Hall–Kier alpha value is -1.89. The van der Waals surface area contributed by atoms with Crippen molar-refractivity contribution in [3.05, 3.63) is 29.8 Å². The molecule has 2 aromatic rings. The first-order valence-electron chi connectivity index (χ1n) is 7.98. The van der Waals surface area contributed by atoms with Crippen molar-refractivity contribution in [3.63, 3.8) is 0 Å². The summed E-state index contributed by atoms with van der Waals surface area (Å²) in [5.41, 5.74) is 2.12. The predicted molar refractivity (Wildman–Crippen MR) is 90.6 cm³/mol. The highest BCUT2D eigenvalue weighted by Gasteiger charge is 2.28. The van der Waals surface area contributed by atoms with E-state index in [1.165, 1.54) is 17.3 Å². The number of amides is 1. The van der Waals surface area contributed by atoms with Gasteiger partial charge in [0.15, 0.2) is 0 Å². The van der Waals surface area contributed by atoms with E-state index in [-0.39, 0.29) is 5.91 Å². The molecule has 1 N–H and O–H groups in total. The highest BCUT2D eigenvalue weighted by molar-refractivity contribution is 7.99. The van der Waals surface area contributed by atoms with E-state index in [2.05, 4.69) is 46.8 Å². The molecule has 0 aliphatic heterocycles. The van der Waals surface area contributed by atoms with Crippen molar-refractivity contribution < 1.29 is 4.79 Å². The Morgan fingerprint density at radius 3 is 2.78 bits per heavy atom. The Bertz CT molecular complexity index is 665. The summed E-state index contributed by atoms with van der Waals surface area (Å²) in [6.45, 7) is 4.38. The third kappa shape index (κ3) is 4.10. The molecule has 3 rings (SSSR count). The molecule has 1 aliphatic carbocycles. The average molecular weight is 331 g/mol. The van der Waals surface area contributed by atoms with Crippen LogP contribution in [0.1, 0.15) is 50.6 Å². The minimum absolute atomic E-state index is 0.0448. The number of hydrogen-bond acceptors (Lipinski definition) is 5. The second-order valence-corrected chi connectivity index (χ2v) is 6.85. The van der Waals surface area contributed by atoms with Crippen molar-refractivity contribution >= 4 is 23.4 Å². The van der Waals surface area contributed by atoms with E-state index in [1.807, 2.05) is 16.8 Å². The van der Waals surface area contributed by atoms with Gasteiger partial charge in [0.25, 0.3) is 0 Å². The minimum Gasteiger partial charge on any atom is -0.325 e. The Labute approximate surface area is 140 Å². The molecule has 0 spiro atoms. The average Bonchev–Trinajstić information content (AvgIpc) is 3.31. The number of nitrogens with zero attached hydrogens (tertiary/aromatic N) is 4. The van der Waals surface area contributed by atoms with Gasteiger partial charge in [-0.25, -0.2) is 4.68 Å². The Morgan fingerprint density at radius 1 is 1.39 bits per heavy atom. The van der Waals surface area contributed by atoms with Gasteiger partial charge < -0.3 is 5.32 Å². The molecule has 1 aromatic carbocycles. The summed E-state index contributed by atoms with van der Waals surface area (Å²) < 4.78 is 1.82. The second-order valence-electron chi connectivity index (χ2n) is 5.91. The monoisotopic (exact) mass is 331 g/mol. The van der Waals surface area contributed by atoms with Crippen LogP contribution >= 0.6 is 11.8 Å². The number of thioether (sulfide) groups is 1. The number of nitrogens with one attached hydrogen (secondary N) is 1. The quantitative estimate of drug-likeness (QED) is 0.788. The van der Waals surface area contributed by atoms with Crippen LogP contribution in [0.3, 0.4) is 0 Å². The first-order valence-corrected chi connectivity index (χ1v) is 8.96.